The van der Waals surface area contributed by atoms with Gasteiger partial charge < -0.3 is 15.4 Å². The normalized spacial score (nSPS) is 17.4. The summed E-state index contributed by atoms with van der Waals surface area (Å²) in [5.74, 6) is 0. The Morgan fingerprint density at radius 3 is 2.75 bits per heavy atom. The summed E-state index contributed by atoms with van der Waals surface area (Å²) in [6, 6.07) is 6.09. The fraction of sp³-hybridized carbons (Fsp3) is 0.500. The van der Waals surface area contributed by atoms with Crippen LogP contribution in [0.1, 0.15) is 12.8 Å². The Morgan fingerprint density at radius 2 is 2.06 bits per heavy atom. The zero-order valence-corrected chi connectivity index (χ0v) is 10.2. The lowest BCUT2D eigenvalue weighted by atomic mass is 10.1. The minimum Gasteiger partial charge on any atom is -0.397 e. The maximum atomic E-state index is 5.99. The highest BCUT2D eigenvalue weighted by atomic mass is 35.5. The summed E-state index contributed by atoms with van der Waals surface area (Å²) in [4.78, 5) is 2.21. The molecule has 0 amide bonds. The first-order chi connectivity index (χ1) is 7.68. The Bertz CT molecular complexity index is 364. The molecule has 1 heterocycles. The van der Waals surface area contributed by atoms with Crippen LogP contribution < -0.4 is 10.6 Å². The number of nitrogen functional groups attached to an aromatic ring is 1. The summed E-state index contributed by atoms with van der Waals surface area (Å²) < 4.78 is 5.36. The van der Waals surface area contributed by atoms with Crippen LogP contribution in [0.15, 0.2) is 18.2 Å². The lowest BCUT2D eigenvalue weighted by Gasteiger charge is -2.33. The van der Waals surface area contributed by atoms with Crippen molar-refractivity contribution in [2.75, 3.05) is 30.9 Å². The van der Waals surface area contributed by atoms with Crippen molar-refractivity contribution in [2.45, 2.75) is 18.9 Å². The average Bonchev–Trinajstić information content (AvgIpc) is 2.32. The summed E-state index contributed by atoms with van der Waals surface area (Å²) in [5.41, 5.74) is 7.76. The Kier molecular flexibility index (Phi) is 3.56. The van der Waals surface area contributed by atoms with Gasteiger partial charge >= 0.3 is 0 Å². The number of ether oxygens (including phenoxy) is 1. The van der Waals surface area contributed by atoms with Gasteiger partial charge in [0, 0.05) is 31.3 Å². The second-order valence-corrected chi connectivity index (χ2v) is 4.59. The predicted molar refractivity (Wildman–Crippen MR) is 68.1 cm³/mol. The zero-order chi connectivity index (χ0) is 11.5. The fourth-order valence-corrected chi connectivity index (χ4v) is 2.26. The van der Waals surface area contributed by atoms with E-state index in [-0.39, 0.29) is 0 Å². The van der Waals surface area contributed by atoms with Gasteiger partial charge in [-0.25, -0.2) is 0 Å². The number of rotatable bonds is 2. The Hall–Kier alpha value is -0.930. The lowest BCUT2D eigenvalue weighted by Crippen LogP contribution is -2.37. The molecular formula is C12H17ClN2O. The van der Waals surface area contributed by atoms with E-state index >= 15 is 0 Å². The highest BCUT2D eigenvalue weighted by molar-refractivity contribution is 6.31. The highest BCUT2D eigenvalue weighted by Crippen LogP contribution is 2.29. The van der Waals surface area contributed by atoms with Crippen LogP contribution in [0.5, 0.6) is 0 Å². The second kappa shape index (κ2) is 4.93. The van der Waals surface area contributed by atoms with Gasteiger partial charge in [0.15, 0.2) is 0 Å². The van der Waals surface area contributed by atoms with E-state index in [4.69, 9.17) is 22.1 Å². The first kappa shape index (κ1) is 11.6. The molecule has 1 aromatic rings. The van der Waals surface area contributed by atoms with Gasteiger partial charge in [0.1, 0.15) is 0 Å². The van der Waals surface area contributed by atoms with Crippen LogP contribution in [0.25, 0.3) is 0 Å². The zero-order valence-electron chi connectivity index (χ0n) is 9.45. The van der Waals surface area contributed by atoms with Crippen molar-refractivity contribution in [3.8, 4) is 0 Å². The standard InChI is InChI=1S/C12H17ClN2O/c1-15(10-4-6-16-7-5-10)12-8-9(13)2-3-11(12)14/h2-3,8,10H,4-7,14H2,1H3. The first-order valence-electron chi connectivity index (χ1n) is 5.54. The summed E-state index contributed by atoms with van der Waals surface area (Å²) >= 11 is 5.99. The first-order valence-corrected chi connectivity index (χ1v) is 5.92. The molecule has 4 heteroatoms. The number of nitrogens with two attached hydrogens (primary N) is 1. The summed E-state index contributed by atoms with van der Waals surface area (Å²) in [5, 5.41) is 0.725. The number of benzene rings is 1. The fourth-order valence-electron chi connectivity index (χ4n) is 2.09. The third kappa shape index (κ3) is 2.42. The molecule has 1 fully saturated rings. The highest BCUT2D eigenvalue weighted by Gasteiger charge is 2.20. The van der Waals surface area contributed by atoms with Crippen LogP contribution in [0.3, 0.4) is 0 Å². The van der Waals surface area contributed by atoms with Crippen molar-refractivity contribution in [1.82, 2.24) is 0 Å². The molecule has 0 radical (unpaired) electrons. The quantitative estimate of drug-likeness (QED) is 0.808. The van der Waals surface area contributed by atoms with Crippen LogP contribution in [0.4, 0.5) is 11.4 Å². The van der Waals surface area contributed by atoms with E-state index in [1.54, 1.807) is 0 Å². The van der Waals surface area contributed by atoms with Crippen molar-refractivity contribution in [2.24, 2.45) is 0 Å². The second-order valence-electron chi connectivity index (χ2n) is 4.16. The van der Waals surface area contributed by atoms with Gasteiger partial charge in [0.05, 0.1) is 11.4 Å². The molecule has 1 saturated heterocycles. The van der Waals surface area contributed by atoms with E-state index in [1.165, 1.54) is 0 Å². The van der Waals surface area contributed by atoms with Gasteiger partial charge in [-0.05, 0) is 31.0 Å². The van der Waals surface area contributed by atoms with E-state index in [9.17, 15) is 0 Å². The lowest BCUT2D eigenvalue weighted by molar-refractivity contribution is 0.0855. The van der Waals surface area contributed by atoms with Gasteiger partial charge in [-0.15, -0.1) is 0 Å². The van der Waals surface area contributed by atoms with E-state index in [1.807, 2.05) is 18.2 Å². The van der Waals surface area contributed by atoms with Gasteiger partial charge in [0.25, 0.3) is 0 Å². The average molecular weight is 241 g/mol. The molecular weight excluding hydrogens is 224 g/mol. The molecule has 1 aliphatic heterocycles. The van der Waals surface area contributed by atoms with Crippen molar-refractivity contribution < 1.29 is 4.74 Å². The molecule has 1 aliphatic rings. The number of hydrogen-bond donors (Lipinski definition) is 1. The van der Waals surface area contributed by atoms with E-state index in [0.717, 1.165) is 42.5 Å². The molecule has 0 aliphatic carbocycles. The molecule has 88 valence electrons. The Morgan fingerprint density at radius 1 is 1.38 bits per heavy atom. The van der Waals surface area contributed by atoms with Crippen molar-refractivity contribution >= 4 is 23.0 Å². The van der Waals surface area contributed by atoms with Crippen molar-refractivity contribution in [3.05, 3.63) is 23.2 Å². The number of halogens is 1. The van der Waals surface area contributed by atoms with Crippen LogP contribution >= 0.6 is 11.6 Å². The predicted octanol–water partition coefficient (Wildman–Crippen LogP) is 2.54. The number of hydrogen-bond acceptors (Lipinski definition) is 3. The van der Waals surface area contributed by atoms with Crippen LogP contribution in [-0.2, 0) is 4.74 Å². The molecule has 0 spiro atoms. The van der Waals surface area contributed by atoms with Gasteiger partial charge in [0.2, 0.25) is 0 Å². The Balaban J connectivity index is 2.18. The van der Waals surface area contributed by atoms with E-state index in [2.05, 4.69) is 11.9 Å². The summed E-state index contributed by atoms with van der Waals surface area (Å²) in [7, 11) is 2.07. The minimum absolute atomic E-state index is 0.495. The van der Waals surface area contributed by atoms with Crippen molar-refractivity contribution in [1.29, 1.82) is 0 Å². The summed E-state index contributed by atoms with van der Waals surface area (Å²) in [6.07, 6.45) is 2.09. The van der Waals surface area contributed by atoms with Crippen LogP contribution in [0, 0.1) is 0 Å². The minimum atomic E-state index is 0.495. The third-order valence-corrected chi connectivity index (χ3v) is 3.35. The molecule has 3 nitrogen and oxygen atoms in total. The molecule has 1 aromatic carbocycles. The Labute approximate surface area is 101 Å². The summed E-state index contributed by atoms with van der Waals surface area (Å²) in [6.45, 7) is 1.66. The molecule has 0 atom stereocenters. The van der Waals surface area contributed by atoms with E-state index < -0.39 is 0 Å². The largest absolute Gasteiger partial charge is 0.397 e. The maximum Gasteiger partial charge on any atom is 0.0614 e. The number of nitrogens with zero attached hydrogens (tertiary/aromatic N) is 1. The maximum absolute atomic E-state index is 5.99. The molecule has 16 heavy (non-hydrogen) atoms. The molecule has 0 aromatic heterocycles. The molecule has 2 rings (SSSR count). The molecule has 0 unspecified atom stereocenters. The molecule has 0 saturated carbocycles. The topological polar surface area (TPSA) is 38.5 Å². The number of anilines is 2. The molecule has 2 N–H and O–H groups in total. The SMILES string of the molecule is CN(c1cc(Cl)ccc1N)C1CCOCC1. The third-order valence-electron chi connectivity index (χ3n) is 3.11. The van der Waals surface area contributed by atoms with Gasteiger partial charge in [-0.2, -0.15) is 0 Å². The van der Waals surface area contributed by atoms with Crippen LogP contribution in [-0.4, -0.2) is 26.3 Å². The smallest absolute Gasteiger partial charge is 0.0614 e. The van der Waals surface area contributed by atoms with E-state index in [0.29, 0.717) is 6.04 Å². The van der Waals surface area contributed by atoms with Crippen LogP contribution in [0.2, 0.25) is 5.02 Å². The van der Waals surface area contributed by atoms with Crippen molar-refractivity contribution in [3.63, 3.8) is 0 Å². The molecule has 0 bridgehead atoms. The van der Waals surface area contributed by atoms with Gasteiger partial charge in [-0.3, -0.25) is 0 Å². The van der Waals surface area contributed by atoms with Gasteiger partial charge in [-0.1, -0.05) is 11.6 Å². The monoisotopic (exact) mass is 240 g/mol.